The molecule has 6 nitrogen and oxygen atoms in total. The van der Waals surface area contributed by atoms with Crippen LogP contribution in [0.1, 0.15) is 25.2 Å². The van der Waals surface area contributed by atoms with E-state index in [0.717, 1.165) is 27.7 Å². The fourth-order valence-corrected chi connectivity index (χ4v) is 3.12. The number of thioether (sulfide) groups is 1. The zero-order valence-corrected chi connectivity index (χ0v) is 15.3. The average Bonchev–Trinajstić information content (AvgIpc) is 2.75. The smallest absolute Gasteiger partial charge is 0.237 e. The number of rotatable bonds is 5. The number of carbonyl (C=O) groups excluding carboxylic acids is 2. The van der Waals surface area contributed by atoms with Crippen molar-refractivity contribution in [2.45, 2.75) is 37.8 Å². The highest BCUT2D eigenvalue weighted by molar-refractivity contribution is 8.00. The Morgan fingerprint density at radius 3 is 2.29 bits per heavy atom. The van der Waals surface area contributed by atoms with Gasteiger partial charge in [-0.1, -0.05) is 0 Å². The Balaban J connectivity index is 1.99. The van der Waals surface area contributed by atoms with E-state index in [1.54, 1.807) is 4.68 Å². The van der Waals surface area contributed by atoms with E-state index < -0.39 is 0 Å². The molecule has 2 N–H and O–H groups in total. The number of benzene rings is 1. The topological polar surface area (TPSA) is 76.0 Å². The Morgan fingerprint density at radius 2 is 1.79 bits per heavy atom. The van der Waals surface area contributed by atoms with Gasteiger partial charge in [-0.05, 0) is 45.0 Å². The van der Waals surface area contributed by atoms with Crippen LogP contribution in [-0.4, -0.2) is 26.8 Å². The lowest BCUT2D eigenvalue weighted by Gasteiger charge is -2.13. The lowest BCUT2D eigenvalue weighted by Crippen LogP contribution is -2.23. The fourth-order valence-electron chi connectivity index (χ4n) is 2.26. The normalized spacial score (nSPS) is 11.9. The first-order valence-corrected chi connectivity index (χ1v) is 8.51. The largest absolute Gasteiger partial charge is 0.326 e. The lowest BCUT2D eigenvalue weighted by molar-refractivity contribution is -0.115. The van der Waals surface area contributed by atoms with Crippen molar-refractivity contribution in [3.63, 3.8) is 0 Å². The summed E-state index contributed by atoms with van der Waals surface area (Å²) in [6.07, 6.45) is 0. The molecule has 1 aromatic heterocycles. The summed E-state index contributed by atoms with van der Waals surface area (Å²) in [5, 5.41) is 9.72. The van der Waals surface area contributed by atoms with E-state index in [4.69, 9.17) is 0 Å². The number of nitrogens with one attached hydrogen (secondary N) is 2. The van der Waals surface area contributed by atoms with Crippen LogP contribution < -0.4 is 10.6 Å². The van der Waals surface area contributed by atoms with E-state index >= 15 is 0 Å². The van der Waals surface area contributed by atoms with Crippen molar-refractivity contribution in [1.82, 2.24) is 9.78 Å². The molecule has 1 atom stereocenters. The minimum absolute atomic E-state index is 0.0647. The van der Waals surface area contributed by atoms with Gasteiger partial charge >= 0.3 is 0 Å². The quantitative estimate of drug-likeness (QED) is 0.816. The van der Waals surface area contributed by atoms with Crippen LogP contribution in [0.25, 0.3) is 0 Å². The second kappa shape index (κ2) is 7.53. The highest BCUT2D eigenvalue weighted by Gasteiger charge is 2.18. The Morgan fingerprint density at radius 1 is 1.17 bits per heavy atom. The zero-order chi connectivity index (χ0) is 17.9. The van der Waals surface area contributed by atoms with Crippen molar-refractivity contribution in [2.24, 2.45) is 7.05 Å². The Bertz CT molecular complexity index is 753. The van der Waals surface area contributed by atoms with Crippen LogP contribution in [0.15, 0.2) is 29.2 Å². The third-order valence-corrected chi connectivity index (χ3v) is 4.73. The van der Waals surface area contributed by atoms with Crippen molar-refractivity contribution in [3.05, 3.63) is 35.7 Å². The third kappa shape index (κ3) is 4.38. The van der Waals surface area contributed by atoms with Crippen LogP contribution in [0.5, 0.6) is 0 Å². The molecule has 0 radical (unpaired) electrons. The van der Waals surface area contributed by atoms with Crippen molar-refractivity contribution in [1.29, 1.82) is 0 Å². The first kappa shape index (κ1) is 18.1. The molecule has 0 spiro atoms. The predicted molar refractivity (Wildman–Crippen MR) is 97.4 cm³/mol. The molecule has 0 fully saturated rings. The number of hydrogen-bond acceptors (Lipinski definition) is 4. The Hall–Kier alpha value is -2.28. The standard InChI is InChI=1S/C17H22N4O2S/c1-10-16(11(2)21(5)20-10)19-17(23)12(3)24-15-8-6-14(7-9-15)18-13(4)22/h6-9,12H,1-5H3,(H,18,22)(H,19,23). The summed E-state index contributed by atoms with van der Waals surface area (Å²) in [7, 11) is 1.85. The van der Waals surface area contributed by atoms with Gasteiger partial charge in [-0.2, -0.15) is 5.10 Å². The maximum absolute atomic E-state index is 12.4. The summed E-state index contributed by atoms with van der Waals surface area (Å²) in [4.78, 5) is 24.4. The molecule has 2 rings (SSSR count). The highest BCUT2D eigenvalue weighted by Crippen LogP contribution is 2.26. The van der Waals surface area contributed by atoms with Crippen molar-refractivity contribution in [3.8, 4) is 0 Å². The van der Waals surface area contributed by atoms with E-state index in [1.165, 1.54) is 18.7 Å². The van der Waals surface area contributed by atoms with Gasteiger partial charge < -0.3 is 10.6 Å². The molecule has 1 heterocycles. The minimum atomic E-state index is -0.254. The molecule has 1 unspecified atom stereocenters. The van der Waals surface area contributed by atoms with E-state index in [2.05, 4.69) is 15.7 Å². The van der Waals surface area contributed by atoms with Crippen LogP contribution in [0.3, 0.4) is 0 Å². The van der Waals surface area contributed by atoms with Crippen molar-refractivity contribution < 1.29 is 9.59 Å². The van der Waals surface area contributed by atoms with Gasteiger partial charge in [-0.3, -0.25) is 14.3 Å². The number of hydrogen-bond donors (Lipinski definition) is 2. The van der Waals surface area contributed by atoms with E-state index in [9.17, 15) is 9.59 Å². The fraction of sp³-hybridized carbons (Fsp3) is 0.353. The summed E-state index contributed by atoms with van der Waals surface area (Å²) in [6.45, 7) is 7.13. The van der Waals surface area contributed by atoms with Crippen LogP contribution in [0.4, 0.5) is 11.4 Å². The second-order valence-electron chi connectivity index (χ2n) is 5.62. The summed E-state index contributed by atoms with van der Waals surface area (Å²) in [6, 6.07) is 7.42. The average molecular weight is 346 g/mol. The van der Waals surface area contributed by atoms with Gasteiger partial charge in [0.15, 0.2) is 0 Å². The van der Waals surface area contributed by atoms with Gasteiger partial charge in [0.1, 0.15) is 0 Å². The number of nitrogens with zero attached hydrogens (tertiary/aromatic N) is 2. The van der Waals surface area contributed by atoms with E-state index in [-0.39, 0.29) is 17.1 Å². The molecule has 7 heteroatoms. The monoisotopic (exact) mass is 346 g/mol. The summed E-state index contributed by atoms with van der Waals surface area (Å²) in [5.41, 5.74) is 3.25. The molecule has 2 aromatic rings. The molecule has 0 aliphatic rings. The van der Waals surface area contributed by atoms with Gasteiger partial charge in [0.05, 0.1) is 22.3 Å². The molecule has 0 aliphatic heterocycles. The molecule has 128 valence electrons. The van der Waals surface area contributed by atoms with Crippen LogP contribution in [0, 0.1) is 13.8 Å². The van der Waals surface area contributed by atoms with E-state index in [1.807, 2.05) is 52.1 Å². The number of amides is 2. The Labute approximate surface area is 146 Å². The van der Waals surface area contributed by atoms with Crippen LogP contribution >= 0.6 is 11.8 Å². The molecular formula is C17H22N4O2S. The molecule has 0 bridgehead atoms. The highest BCUT2D eigenvalue weighted by atomic mass is 32.2. The van der Waals surface area contributed by atoms with Crippen LogP contribution in [-0.2, 0) is 16.6 Å². The summed E-state index contributed by atoms with van der Waals surface area (Å²) in [5.74, 6) is -0.171. The van der Waals surface area contributed by atoms with Crippen LogP contribution in [0.2, 0.25) is 0 Å². The van der Waals surface area contributed by atoms with Gasteiger partial charge in [-0.25, -0.2) is 0 Å². The molecular weight excluding hydrogens is 324 g/mol. The molecule has 0 aliphatic carbocycles. The Kier molecular flexibility index (Phi) is 5.66. The molecule has 1 aromatic carbocycles. The van der Waals surface area contributed by atoms with Gasteiger partial charge in [-0.15, -0.1) is 11.8 Å². The first-order valence-electron chi connectivity index (χ1n) is 7.63. The number of aryl methyl sites for hydroxylation is 2. The van der Waals surface area contributed by atoms with E-state index in [0.29, 0.717) is 0 Å². The maximum atomic E-state index is 12.4. The maximum Gasteiger partial charge on any atom is 0.237 e. The minimum Gasteiger partial charge on any atom is -0.326 e. The van der Waals surface area contributed by atoms with Gasteiger partial charge in [0.25, 0.3) is 0 Å². The zero-order valence-electron chi connectivity index (χ0n) is 14.5. The third-order valence-electron chi connectivity index (χ3n) is 3.61. The summed E-state index contributed by atoms with van der Waals surface area (Å²) < 4.78 is 1.75. The van der Waals surface area contributed by atoms with Gasteiger partial charge in [0.2, 0.25) is 11.8 Å². The number of aromatic nitrogens is 2. The number of carbonyl (C=O) groups is 2. The predicted octanol–water partition coefficient (Wildman–Crippen LogP) is 3.11. The molecule has 2 amide bonds. The summed E-state index contributed by atoms with van der Waals surface area (Å²) >= 11 is 1.47. The SMILES string of the molecule is CC(=O)Nc1ccc(SC(C)C(=O)Nc2c(C)nn(C)c2C)cc1. The number of anilines is 2. The lowest BCUT2D eigenvalue weighted by atomic mass is 10.3. The first-order chi connectivity index (χ1) is 11.3. The van der Waals surface area contributed by atoms with Crippen molar-refractivity contribution >= 4 is 35.0 Å². The molecule has 0 saturated heterocycles. The van der Waals surface area contributed by atoms with Gasteiger partial charge in [0, 0.05) is 24.6 Å². The van der Waals surface area contributed by atoms with Crippen molar-refractivity contribution in [2.75, 3.05) is 10.6 Å². The molecule has 24 heavy (non-hydrogen) atoms. The second-order valence-corrected chi connectivity index (χ2v) is 7.04. The molecule has 0 saturated carbocycles.